The van der Waals surface area contributed by atoms with Gasteiger partial charge >= 0.3 is 6.18 Å². The maximum Gasteiger partial charge on any atom is 0.405 e. The van der Waals surface area contributed by atoms with Crippen LogP contribution in [0.15, 0.2) is 24.8 Å². The second-order valence-electron chi connectivity index (χ2n) is 4.08. The summed E-state index contributed by atoms with van der Waals surface area (Å²) in [7, 11) is 0. The lowest BCUT2D eigenvalue weighted by molar-refractivity contribution is -0.139. The van der Waals surface area contributed by atoms with Crippen LogP contribution in [0.25, 0.3) is 5.70 Å². The number of alkyl halides is 3. The van der Waals surface area contributed by atoms with E-state index in [4.69, 9.17) is 0 Å². The summed E-state index contributed by atoms with van der Waals surface area (Å²) in [6.45, 7) is 5.01. The lowest BCUT2D eigenvalue weighted by Gasteiger charge is -2.20. The molecule has 1 aliphatic rings. The molecule has 1 aromatic carbocycles. The van der Waals surface area contributed by atoms with Crippen LogP contribution in [0.5, 0.6) is 0 Å². The first kappa shape index (κ1) is 11.0. The molecule has 0 N–H and O–H groups in total. The molecule has 0 bridgehead atoms. The number of benzene rings is 1. The third-order valence-corrected chi connectivity index (χ3v) is 2.69. The van der Waals surface area contributed by atoms with Crippen molar-refractivity contribution in [2.24, 2.45) is 0 Å². The maximum absolute atomic E-state index is 12.3. The average molecular weight is 227 g/mol. The Morgan fingerprint density at radius 3 is 2.69 bits per heavy atom. The molecule has 1 aromatic rings. The van der Waals surface area contributed by atoms with Crippen molar-refractivity contribution in [3.63, 3.8) is 0 Å². The van der Waals surface area contributed by atoms with Crippen molar-refractivity contribution in [2.75, 3.05) is 6.54 Å². The maximum atomic E-state index is 12.3. The summed E-state index contributed by atoms with van der Waals surface area (Å²) in [5, 5.41) is 0. The molecular formula is C12H12F3N. The van der Waals surface area contributed by atoms with Crippen molar-refractivity contribution < 1.29 is 13.2 Å². The van der Waals surface area contributed by atoms with Gasteiger partial charge in [-0.05, 0) is 18.6 Å². The van der Waals surface area contributed by atoms with Crippen molar-refractivity contribution in [3.05, 3.63) is 41.5 Å². The molecule has 0 unspecified atom stereocenters. The molecule has 1 heterocycles. The van der Waals surface area contributed by atoms with E-state index in [1.807, 2.05) is 25.1 Å². The number of fused-ring (bicyclic) bond motifs is 1. The second kappa shape index (κ2) is 3.54. The molecule has 0 amide bonds. The molecule has 1 nitrogen and oxygen atoms in total. The highest BCUT2D eigenvalue weighted by Gasteiger charge is 2.34. The SMILES string of the molecule is C=C1c2cc(C)ccc2CN1CC(F)(F)F. The van der Waals surface area contributed by atoms with Gasteiger partial charge in [0, 0.05) is 17.8 Å². The van der Waals surface area contributed by atoms with Gasteiger partial charge in [0.2, 0.25) is 0 Å². The summed E-state index contributed by atoms with van der Waals surface area (Å²) >= 11 is 0. The van der Waals surface area contributed by atoms with Crippen LogP contribution in [0.1, 0.15) is 16.7 Å². The summed E-state index contributed by atoms with van der Waals surface area (Å²) in [6.07, 6.45) is -4.18. The third kappa shape index (κ3) is 2.05. The fourth-order valence-corrected chi connectivity index (χ4v) is 1.94. The zero-order valence-corrected chi connectivity index (χ0v) is 8.93. The molecule has 0 spiro atoms. The van der Waals surface area contributed by atoms with Gasteiger partial charge in [0.05, 0.1) is 0 Å². The molecule has 2 rings (SSSR count). The summed E-state index contributed by atoms with van der Waals surface area (Å²) in [6, 6.07) is 5.66. The smallest absolute Gasteiger partial charge is 0.358 e. The van der Waals surface area contributed by atoms with Gasteiger partial charge in [-0.2, -0.15) is 13.2 Å². The number of hydrogen-bond acceptors (Lipinski definition) is 1. The number of hydrogen-bond donors (Lipinski definition) is 0. The number of rotatable bonds is 1. The van der Waals surface area contributed by atoms with E-state index in [1.165, 1.54) is 4.90 Å². The molecule has 0 saturated heterocycles. The van der Waals surface area contributed by atoms with E-state index in [9.17, 15) is 13.2 Å². The molecule has 16 heavy (non-hydrogen) atoms. The van der Waals surface area contributed by atoms with Crippen molar-refractivity contribution >= 4 is 5.70 Å². The first-order chi connectivity index (χ1) is 7.37. The monoisotopic (exact) mass is 227 g/mol. The van der Waals surface area contributed by atoms with Crippen LogP contribution >= 0.6 is 0 Å². The van der Waals surface area contributed by atoms with E-state index in [1.54, 1.807) is 0 Å². The predicted molar refractivity (Wildman–Crippen MR) is 56.7 cm³/mol. The first-order valence-electron chi connectivity index (χ1n) is 4.97. The predicted octanol–water partition coefficient (Wildman–Crippen LogP) is 3.34. The van der Waals surface area contributed by atoms with Crippen molar-refractivity contribution in [2.45, 2.75) is 19.6 Å². The number of nitrogens with zero attached hydrogens (tertiary/aromatic N) is 1. The van der Waals surface area contributed by atoms with Gasteiger partial charge in [-0.15, -0.1) is 0 Å². The van der Waals surface area contributed by atoms with Gasteiger partial charge in [0.25, 0.3) is 0 Å². The van der Waals surface area contributed by atoms with Crippen LogP contribution in [0.3, 0.4) is 0 Å². The summed E-state index contributed by atoms with van der Waals surface area (Å²) in [4.78, 5) is 1.27. The van der Waals surface area contributed by atoms with Gasteiger partial charge in [-0.25, -0.2) is 0 Å². The molecule has 4 heteroatoms. The highest BCUT2D eigenvalue weighted by atomic mass is 19.4. The number of halogens is 3. The molecule has 0 aromatic heterocycles. The minimum atomic E-state index is -4.18. The minimum Gasteiger partial charge on any atom is -0.358 e. The second-order valence-corrected chi connectivity index (χ2v) is 4.08. The Balaban J connectivity index is 2.25. The molecule has 86 valence electrons. The molecule has 0 saturated carbocycles. The average Bonchev–Trinajstić information content (AvgIpc) is 2.42. The largest absolute Gasteiger partial charge is 0.405 e. The van der Waals surface area contributed by atoms with E-state index in [0.29, 0.717) is 12.2 Å². The van der Waals surface area contributed by atoms with Gasteiger partial charge < -0.3 is 4.90 Å². The van der Waals surface area contributed by atoms with Gasteiger partial charge in [0.1, 0.15) is 6.54 Å². The van der Waals surface area contributed by atoms with Crippen LogP contribution in [0.2, 0.25) is 0 Å². The molecule has 0 radical (unpaired) electrons. The van der Waals surface area contributed by atoms with E-state index in [0.717, 1.165) is 16.7 Å². The fourth-order valence-electron chi connectivity index (χ4n) is 1.94. The van der Waals surface area contributed by atoms with Crippen molar-refractivity contribution in [1.29, 1.82) is 0 Å². The molecule has 1 aliphatic heterocycles. The highest BCUT2D eigenvalue weighted by Crippen LogP contribution is 2.34. The van der Waals surface area contributed by atoms with Crippen molar-refractivity contribution in [3.8, 4) is 0 Å². The Morgan fingerprint density at radius 2 is 2.06 bits per heavy atom. The quantitative estimate of drug-likeness (QED) is 0.711. The number of aryl methyl sites for hydroxylation is 1. The standard InChI is InChI=1S/C12H12F3N/c1-8-3-4-10-6-16(7-12(13,14)15)9(2)11(10)5-8/h3-5H,2,6-7H2,1H3. The Morgan fingerprint density at radius 1 is 1.38 bits per heavy atom. The summed E-state index contributed by atoms with van der Waals surface area (Å²) < 4.78 is 36.9. The fraction of sp³-hybridized carbons (Fsp3) is 0.333. The summed E-state index contributed by atoms with van der Waals surface area (Å²) in [5.74, 6) is 0. The molecule has 0 atom stereocenters. The zero-order chi connectivity index (χ0) is 11.9. The topological polar surface area (TPSA) is 3.24 Å². The summed E-state index contributed by atoms with van der Waals surface area (Å²) in [5.41, 5.74) is 3.26. The Kier molecular flexibility index (Phi) is 2.45. The third-order valence-electron chi connectivity index (χ3n) is 2.69. The highest BCUT2D eigenvalue weighted by molar-refractivity contribution is 5.69. The Labute approximate surface area is 92.2 Å². The van der Waals surface area contributed by atoms with E-state index in [-0.39, 0.29) is 0 Å². The van der Waals surface area contributed by atoms with Gasteiger partial charge in [-0.1, -0.05) is 24.3 Å². The molecular weight excluding hydrogens is 215 g/mol. The van der Waals surface area contributed by atoms with Crippen LogP contribution in [-0.2, 0) is 6.54 Å². The van der Waals surface area contributed by atoms with Gasteiger partial charge in [-0.3, -0.25) is 0 Å². The van der Waals surface area contributed by atoms with E-state index < -0.39 is 12.7 Å². The lowest BCUT2D eigenvalue weighted by atomic mass is 10.1. The first-order valence-corrected chi connectivity index (χ1v) is 4.97. The van der Waals surface area contributed by atoms with Gasteiger partial charge in [0.15, 0.2) is 0 Å². The molecule has 0 aliphatic carbocycles. The zero-order valence-electron chi connectivity index (χ0n) is 8.93. The van der Waals surface area contributed by atoms with Crippen LogP contribution in [0.4, 0.5) is 13.2 Å². The van der Waals surface area contributed by atoms with Crippen LogP contribution < -0.4 is 0 Å². The Bertz CT molecular complexity index is 434. The van der Waals surface area contributed by atoms with E-state index in [2.05, 4.69) is 6.58 Å². The van der Waals surface area contributed by atoms with E-state index >= 15 is 0 Å². The lowest BCUT2D eigenvalue weighted by Crippen LogP contribution is -2.29. The molecule has 0 fully saturated rings. The Hall–Kier alpha value is -1.45. The normalized spacial score (nSPS) is 15.5. The van der Waals surface area contributed by atoms with Crippen molar-refractivity contribution in [1.82, 2.24) is 4.90 Å². The van der Waals surface area contributed by atoms with Crippen LogP contribution in [-0.4, -0.2) is 17.6 Å². The van der Waals surface area contributed by atoms with Crippen LogP contribution in [0, 0.1) is 6.92 Å². The minimum absolute atomic E-state index is 0.300.